The van der Waals surface area contributed by atoms with Gasteiger partial charge in [0.15, 0.2) is 5.78 Å². The fourth-order valence-electron chi connectivity index (χ4n) is 1.31. The van der Waals surface area contributed by atoms with Crippen LogP contribution < -0.4 is 5.73 Å². The second-order valence-corrected chi connectivity index (χ2v) is 3.95. The standard InChI is InChI=1S/C12H13ClFNO/c1-2-3-11(15)12(16)7-8-6-9(13)4-5-10(8)14/h2,4-6,11H,1,3,7,15H2. The number of hydrogen-bond acceptors (Lipinski definition) is 2. The topological polar surface area (TPSA) is 43.1 Å². The minimum atomic E-state index is -0.629. The van der Waals surface area contributed by atoms with Gasteiger partial charge in [-0.05, 0) is 30.2 Å². The van der Waals surface area contributed by atoms with E-state index in [2.05, 4.69) is 6.58 Å². The first-order valence-electron chi connectivity index (χ1n) is 4.87. The maximum atomic E-state index is 13.3. The van der Waals surface area contributed by atoms with Gasteiger partial charge in [0.1, 0.15) is 5.82 Å². The molecule has 1 aromatic rings. The number of hydrogen-bond donors (Lipinski definition) is 1. The van der Waals surface area contributed by atoms with E-state index in [-0.39, 0.29) is 17.8 Å². The van der Waals surface area contributed by atoms with E-state index >= 15 is 0 Å². The molecule has 1 atom stereocenters. The molecule has 86 valence electrons. The maximum absolute atomic E-state index is 13.3. The number of rotatable bonds is 5. The molecule has 0 bridgehead atoms. The fourth-order valence-corrected chi connectivity index (χ4v) is 1.50. The van der Waals surface area contributed by atoms with Crippen molar-refractivity contribution in [3.8, 4) is 0 Å². The largest absolute Gasteiger partial charge is 0.321 e. The van der Waals surface area contributed by atoms with Crippen LogP contribution in [-0.4, -0.2) is 11.8 Å². The van der Waals surface area contributed by atoms with Gasteiger partial charge in [0.2, 0.25) is 0 Å². The van der Waals surface area contributed by atoms with Gasteiger partial charge in [-0.1, -0.05) is 17.7 Å². The molecule has 0 aliphatic heterocycles. The highest BCUT2D eigenvalue weighted by molar-refractivity contribution is 6.30. The Labute approximate surface area is 98.9 Å². The molecule has 4 heteroatoms. The lowest BCUT2D eigenvalue weighted by molar-refractivity contribution is -0.119. The molecule has 0 saturated carbocycles. The Morgan fingerprint density at radius 1 is 1.62 bits per heavy atom. The second kappa shape index (κ2) is 5.77. The molecular weight excluding hydrogens is 229 g/mol. The number of halogens is 2. The van der Waals surface area contributed by atoms with Crippen LogP contribution in [0.4, 0.5) is 4.39 Å². The highest BCUT2D eigenvalue weighted by atomic mass is 35.5. The Hall–Kier alpha value is -1.19. The number of Topliss-reactive ketones (excluding diaryl/α,β-unsaturated/α-hetero) is 1. The van der Waals surface area contributed by atoms with Crippen molar-refractivity contribution in [1.29, 1.82) is 0 Å². The molecule has 2 nitrogen and oxygen atoms in total. The predicted octanol–water partition coefficient (Wildman–Crippen LogP) is 2.49. The number of benzene rings is 1. The first-order valence-corrected chi connectivity index (χ1v) is 5.25. The van der Waals surface area contributed by atoms with E-state index in [1.807, 2.05) is 0 Å². The lowest BCUT2D eigenvalue weighted by Gasteiger charge is -2.08. The van der Waals surface area contributed by atoms with Gasteiger partial charge in [0.05, 0.1) is 6.04 Å². The predicted molar refractivity (Wildman–Crippen MR) is 62.9 cm³/mol. The van der Waals surface area contributed by atoms with Crippen molar-refractivity contribution in [1.82, 2.24) is 0 Å². The minimum absolute atomic E-state index is 0.0403. The van der Waals surface area contributed by atoms with Crippen LogP contribution in [0.5, 0.6) is 0 Å². The smallest absolute Gasteiger partial charge is 0.154 e. The Kier molecular flexibility index (Phi) is 4.65. The molecule has 2 N–H and O–H groups in total. The summed E-state index contributed by atoms with van der Waals surface area (Å²) in [6.07, 6.45) is 1.92. The summed E-state index contributed by atoms with van der Waals surface area (Å²) in [7, 11) is 0. The van der Waals surface area contributed by atoms with Crippen molar-refractivity contribution in [2.24, 2.45) is 5.73 Å². The molecule has 0 amide bonds. The first kappa shape index (κ1) is 12.9. The average molecular weight is 242 g/mol. The van der Waals surface area contributed by atoms with Crippen LogP contribution in [0.2, 0.25) is 5.02 Å². The van der Waals surface area contributed by atoms with Crippen LogP contribution in [-0.2, 0) is 11.2 Å². The lowest BCUT2D eigenvalue weighted by atomic mass is 10.0. The summed E-state index contributed by atoms with van der Waals surface area (Å²) >= 11 is 5.72. The number of ketones is 1. The van der Waals surface area contributed by atoms with Crippen LogP contribution in [0.15, 0.2) is 30.9 Å². The van der Waals surface area contributed by atoms with E-state index in [0.29, 0.717) is 11.4 Å². The van der Waals surface area contributed by atoms with Gasteiger partial charge in [-0.3, -0.25) is 4.79 Å². The molecule has 1 aromatic carbocycles. The Morgan fingerprint density at radius 3 is 2.94 bits per heavy atom. The molecule has 0 aromatic heterocycles. The lowest BCUT2D eigenvalue weighted by Crippen LogP contribution is -2.31. The molecular formula is C12H13ClFNO. The van der Waals surface area contributed by atoms with Crippen molar-refractivity contribution in [3.63, 3.8) is 0 Å². The Bertz CT molecular complexity index is 406. The van der Waals surface area contributed by atoms with Gasteiger partial charge in [-0.25, -0.2) is 4.39 Å². The molecule has 0 aliphatic carbocycles. The molecule has 0 fully saturated rings. The zero-order valence-electron chi connectivity index (χ0n) is 8.75. The molecule has 0 aliphatic rings. The molecule has 0 saturated heterocycles. The summed E-state index contributed by atoms with van der Waals surface area (Å²) in [5, 5.41) is 0.404. The minimum Gasteiger partial charge on any atom is -0.321 e. The first-order chi connectivity index (χ1) is 7.54. The van der Waals surface area contributed by atoms with Crippen molar-refractivity contribution < 1.29 is 9.18 Å². The molecule has 0 radical (unpaired) electrons. The van der Waals surface area contributed by atoms with E-state index in [1.54, 1.807) is 6.08 Å². The van der Waals surface area contributed by atoms with Gasteiger partial charge < -0.3 is 5.73 Å². The van der Waals surface area contributed by atoms with E-state index in [0.717, 1.165) is 0 Å². The quantitative estimate of drug-likeness (QED) is 0.805. The monoisotopic (exact) mass is 241 g/mol. The SMILES string of the molecule is C=CCC(N)C(=O)Cc1cc(Cl)ccc1F. The summed E-state index contributed by atoms with van der Waals surface area (Å²) in [6.45, 7) is 3.49. The van der Waals surface area contributed by atoms with Crippen molar-refractivity contribution in [2.45, 2.75) is 18.9 Å². The molecule has 1 rings (SSSR count). The zero-order valence-corrected chi connectivity index (χ0v) is 9.51. The third kappa shape index (κ3) is 3.43. The van der Waals surface area contributed by atoms with Crippen LogP contribution in [0.25, 0.3) is 0 Å². The highest BCUT2D eigenvalue weighted by Gasteiger charge is 2.14. The maximum Gasteiger partial charge on any atom is 0.154 e. The van der Waals surface area contributed by atoms with E-state index in [9.17, 15) is 9.18 Å². The van der Waals surface area contributed by atoms with E-state index in [1.165, 1.54) is 18.2 Å². The van der Waals surface area contributed by atoms with Crippen molar-refractivity contribution in [2.75, 3.05) is 0 Å². The number of carbonyl (C=O) groups excluding carboxylic acids is 1. The number of carbonyl (C=O) groups is 1. The van der Waals surface area contributed by atoms with Crippen molar-refractivity contribution >= 4 is 17.4 Å². The Balaban J connectivity index is 2.76. The van der Waals surface area contributed by atoms with Gasteiger partial charge in [-0.15, -0.1) is 6.58 Å². The van der Waals surface area contributed by atoms with Crippen LogP contribution in [0.1, 0.15) is 12.0 Å². The Morgan fingerprint density at radius 2 is 2.31 bits per heavy atom. The molecule has 0 heterocycles. The van der Waals surface area contributed by atoms with E-state index < -0.39 is 11.9 Å². The van der Waals surface area contributed by atoms with Crippen LogP contribution >= 0.6 is 11.6 Å². The average Bonchev–Trinajstić information content (AvgIpc) is 2.23. The summed E-state index contributed by atoms with van der Waals surface area (Å²) in [5.74, 6) is -0.662. The van der Waals surface area contributed by atoms with Gasteiger partial charge in [-0.2, -0.15) is 0 Å². The summed E-state index contributed by atoms with van der Waals surface area (Å²) in [4.78, 5) is 11.6. The molecule has 16 heavy (non-hydrogen) atoms. The molecule has 1 unspecified atom stereocenters. The third-order valence-electron chi connectivity index (χ3n) is 2.21. The van der Waals surface area contributed by atoms with Crippen molar-refractivity contribution in [3.05, 3.63) is 47.3 Å². The van der Waals surface area contributed by atoms with Gasteiger partial charge in [0.25, 0.3) is 0 Å². The number of nitrogens with two attached hydrogens (primary N) is 1. The summed E-state index contributed by atoms with van der Waals surface area (Å²) < 4.78 is 13.3. The zero-order chi connectivity index (χ0) is 12.1. The normalized spacial score (nSPS) is 12.2. The van der Waals surface area contributed by atoms with E-state index in [4.69, 9.17) is 17.3 Å². The highest BCUT2D eigenvalue weighted by Crippen LogP contribution is 2.16. The summed E-state index contributed by atoms with van der Waals surface area (Å²) in [6, 6.07) is 3.49. The van der Waals surface area contributed by atoms with Gasteiger partial charge >= 0.3 is 0 Å². The summed E-state index contributed by atoms with van der Waals surface area (Å²) in [5.41, 5.74) is 5.86. The second-order valence-electron chi connectivity index (χ2n) is 3.51. The molecule has 0 spiro atoms. The van der Waals surface area contributed by atoms with Gasteiger partial charge in [0, 0.05) is 11.4 Å². The third-order valence-corrected chi connectivity index (χ3v) is 2.44. The van der Waals surface area contributed by atoms with Crippen LogP contribution in [0.3, 0.4) is 0 Å². The fraction of sp³-hybridized carbons (Fsp3) is 0.250. The van der Waals surface area contributed by atoms with Crippen LogP contribution in [0, 0.1) is 5.82 Å².